The molecule has 2 aromatic heterocycles. The van der Waals surface area contributed by atoms with Crippen molar-refractivity contribution in [3.63, 3.8) is 0 Å². The van der Waals surface area contributed by atoms with E-state index in [1.54, 1.807) is 13.3 Å². The van der Waals surface area contributed by atoms with Crippen molar-refractivity contribution >= 4 is 29.9 Å². The first-order chi connectivity index (χ1) is 9.72. The van der Waals surface area contributed by atoms with Crippen LogP contribution in [-0.4, -0.2) is 18.0 Å². The Balaban J connectivity index is 0.00000220. The van der Waals surface area contributed by atoms with Crippen LogP contribution in [0, 0.1) is 6.92 Å². The first kappa shape index (κ1) is 17.5. The van der Waals surface area contributed by atoms with E-state index >= 15 is 0 Å². The predicted molar refractivity (Wildman–Crippen MR) is 91.8 cm³/mol. The Bertz CT molecular complexity index is 564. The molecule has 0 aliphatic rings. The van der Waals surface area contributed by atoms with Gasteiger partial charge >= 0.3 is 0 Å². The molecule has 0 atom stereocenters. The largest absolute Gasteiger partial charge is 0.467 e. The van der Waals surface area contributed by atoms with Gasteiger partial charge in [0.1, 0.15) is 11.5 Å². The first-order valence-corrected chi connectivity index (χ1v) is 6.65. The van der Waals surface area contributed by atoms with E-state index in [1.165, 1.54) is 0 Å². The molecule has 0 aliphatic heterocycles. The molecule has 0 fully saturated rings. The van der Waals surface area contributed by atoms with Gasteiger partial charge in [-0.05, 0) is 19.1 Å². The van der Waals surface area contributed by atoms with E-state index in [4.69, 9.17) is 8.83 Å². The Morgan fingerprint density at radius 2 is 2.10 bits per heavy atom. The topological polar surface area (TPSA) is 75.6 Å². The van der Waals surface area contributed by atoms with Crippen molar-refractivity contribution in [1.29, 1.82) is 0 Å². The molecule has 116 valence electrons. The van der Waals surface area contributed by atoms with E-state index in [9.17, 15) is 0 Å². The second kappa shape index (κ2) is 8.71. The van der Waals surface area contributed by atoms with E-state index in [-0.39, 0.29) is 24.0 Å². The van der Waals surface area contributed by atoms with Crippen molar-refractivity contribution in [2.45, 2.75) is 33.4 Å². The van der Waals surface area contributed by atoms with Crippen LogP contribution in [0.15, 0.2) is 32.2 Å². The van der Waals surface area contributed by atoms with Crippen molar-refractivity contribution in [3.05, 3.63) is 41.5 Å². The fraction of sp³-hybridized carbons (Fsp3) is 0.429. The summed E-state index contributed by atoms with van der Waals surface area (Å²) >= 11 is 0. The minimum Gasteiger partial charge on any atom is -0.467 e. The molecule has 0 saturated heterocycles. The van der Waals surface area contributed by atoms with Crippen LogP contribution in [0.25, 0.3) is 0 Å². The summed E-state index contributed by atoms with van der Waals surface area (Å²) in [5.41, 5.74) is 0.913. The number of aromatic nitrogens is 1. The molecule has 21 heavy (non-hydrogen) atoms. The summed E-state index contributed by atoms with van der Waals surface area (Å²) in [4.78, 5) is 8.49. The summed E-state index contributed by atoms with van der Waals surface area (Å²) in [5.74, 6) is 3.15. The molecule has 2 heterocycles. The number of nitrogens with one attached hydrogen (secondary N) is 2. The van der Waals surface area contributed by atoms with Crippen LogP contribution in [0.4, 0.5) is 0 Å². The van der Waals surface area contributed by atoms with Crippen LogP contribution >= 0.6 is 24.0 Å². The van der Waals surface area contributed by atoms with Gasteiger partial charge in [-0.3, -0.25) is 4.99 Å². The zero-order valence-electron chi connectivity index (χ0n) is 12.5. The van der Waals surface area contributed by atoms with Crippen LogP contribution in [0.1, 0.15) is 30.0 Å². The molecule has 2 aromatic rings. The number of oxazole rings is 1. The Morgan fingerprint density at radius 1 is 1.33 bits per heavy atom. The van der Waals surface area contributed by atoms with Gasteiger partial charge in [0.25, 0.3) is 0 Å². The quantitative estimate of drug-likeness (QED) is 0.455. The number of halogens is 1. The number of nitrogens with zero attached hydrogens (tertiary/aromatic N) is 2. The van der Waals surface area contributed by atoms with Crippen LogP contribution in [0.2, 0.25) is 0 Å². The number of aliphatic imine (C=N–C) groups is 1. The molecule has 0 aromatic carbocycles. The molecule has 0 amide bonds. The molecule has 0 bridgehead atoms. The van der Waals surface area contributed by atoms with Crippen LogP contribution in [0.3, 0.4) is 0 Å². The minimum atomic E-state index is 0. The van der Waals surface area contributed by atoms with Gasteiger partial charge in [-0.25, -0.2) is 4.98 Å². The van der Waals surface area contributed by atoms with Crippen molar-refractivity contribution in [2.24, 2.45) is 4.99 Å². The summed E-state index contributed by atoms with van der Waals surface area (Å²) in [6.45, 7) is 5.10. The smallest absolute Gasteiger partial charge is 0.194 e. The van der Waals surface area contributed by atoms with Crippen molar-refractivity contribution < 1.29 is 8.83 Å². The first-order valence-electron chi connectivity index (χ1n) is 6.65. The molecular weight excluding hydrogens is 383 g/mol. The van der Waals surface area contributed by atoms with Crippen LogP contribution < -0.4 is 10.6 Å². The predicted octanol–water partition coefficient (Wildman–Crippen LogP) is 2.62. The highest BCUT2D eigenvalue weighted by molar-refractivity contribution is 14.0. The summed E-state index contributed by atoms with van der Waals surface area (Å²) in [7, 11) is 1.72. The number of hydrogen-bond acceptors (Lipinski definition) is 4. The van der Waals surface area contributed by atoms with E-state index in [1.807, 2.05) is 26.0 Å². The molecule has 6 nitrogen and oxygen atoms in total. The van der Waals surface area contributed by atoms with Gasteiger partial charge in [0.05, 0.1) is 25.0 Å². The summed E-state index contributed by atoms with van der Waals surface area (Å²) < 4.78 is 10.9. The van der Waals surface area contributed by atoms with E-state index in [0.717, 1.165) is 29.5 Å². The molecule has 0 unspecified atom stereocenters. The summed E-state index contributed by atoms with van der Waals surface area (Å²) in [6.07, 6.45) is 2.45. The average Bonchev–Trinajstić information content (AvgIpc) is 3.09. The summed E-state index contributed by atoms with van der Waals surface area (Å²) in [6, 6.07) is 3.77. The lowest BCUT2D eigenvalue weighted by Crippen LogP contribution is -2.36. The Labute approximate surface area is 141 Å². The number of aryl methyl sites for hydroxylation is 2. The van der Waals surface area contributed by atoms with Gasteiger partial charge in [-0.1, -0.05) is 6.92 Å². The lowest BCUT2D eigenvalue weighted by atomic mass is 10.4. The maximum Gasteiger partial charge on any atom is 0.194 e. The standard InChI is InChI=1S/C14H20N4O2.HI/c1-4-13-18-10(2)12(20-13)9-17-14(15-3)16-8-11-6-5-7-19-11;/h5-7H,4,8-9H2,1-3H3,(H2,15,16,17);1H. The fourth-order valence-electron chi connectivity index (χ4n) is 1.77. The van der Waals surface area contributed by atoms with Gasteiger partial charge in [0.15, 0.2) is 11.9 Å². The molecular formula is C14H21IN4O2. The normalized spacial score (nSPS) is 11.1. The van der Waals surface area contributed by atoms with Crippen molar-refractivity contribution in [2.75, 3.05) is 7.05 Å². The molecule has 0 radical (unpaired) electrons. The Hall–Kier alpha value is -1.51. The van der Waals surface area contributed by atoms with Gasteiger partial charge in [-0.15, -0.1) is 24.0 Å². The SMILES string of the molecule is CCc1nc(C)c(CNC(=NC)NCc2ccco2)o1.I. The second-order valence-electron chi connectivity index (χ2n) is 4.33. The second-order valence-corrected chi connectivity index (χ2v) is 4.33. The zero-order chi connectivity index (χ0) is 14.4. The maximum absolute atomic E-state index is 5.63. The van der Waals surface area contributed by atoms with E-state index in [0.29, 0.717) is 19.0 Å². The fourth-order valence-corrected chi connectivity index (χ4v) is 1.77. The zero-order valence-corrected chi connectivity index (χ0v) is 14.8. The molecule has 2 N–H and O–H groups in total. The third-order valence-electron chi connectivity index (χ3n) is 2.89. The highest BCUT2D eigenvalue weighted by Crippen LogP contribution is 2.10. The number of hydrogen-bond donors (Lipinski definition) is 2. The van der Waals surface area contributed by atoms with Crippen molar-refractivity contribution in [3.8, 4) is 0 Å². The number of rotatable bonds is 5. The van der Waals surface area contributed by atoms with Gasteiger partial charge in [0, 0.05) is 13.5 Å². The van der Waals surface area contributed by atoms with Crippen molar-refractivity contribution in [1.82, 2.24) is 15.6 Å². The highest BCUT2D eigenvalue weighted by Gasteiger charge is 2.09. The molecule has 7 heteroatoms. The highest BCUT2D eigenvalue weighted by atomic mass is 127. The number of furan rings is 1. The van der Waals surface area contributed by atoms with Gasteiger partial charge < -0.3 is 19.5 Å². The lowest BCUT2D eigenvalue weighted by Gasteiger charge is -2.09. The minimum absolute atomic E-state index is 0. The van der Waals surface area contributed by atoms with Gasteiger partial charge in [-0.2, -0.15) is 0 Å². The Morgan fingerprint density at radius 3 is 2.67 bits per heavy atom. The Kier molecular flexibility index (Phi) is 7.27. The van der Waals surface area contributed by atoms with E-state index in [2.05, 4.69) is 20.6 Å². The molecule has 0 aliphatic carbocycles. The third-order valence-corrected chi connectivity index (χ3v) is 2.89. The third kappa shape index (κ3) is 5.07. The molecule has 0 saturated carbocycles. The molecule has 2 rings (SSSR count). The summed E-state index contributed by atoms with van der Waals surface area (Å²) in [5, 5.41) is 6.36. The van der Waals surface area contributed by atoms with Crippen LogP contribution in [-0.2, 0) is 19.5 Å². The lowest BCUT2D eigenvalue weighted by molar-refractivity contribution is 0.452. The van der Waals surface area contributed by atoms with E-state index < -0.39 is 0 Å². The van der Waals surface area contributed by atoms with Gasteiger partial charge in [0.2, 0.25) is 0 Å². The maximum atomic E-state index is 5.63. The monoisotopic (exact) mass is 404 g/mol. The number of guanidine groups is 1. The average molecular weight is 404 g/mol. The molecule has 0 spiro atoms. The van der Waals surface area contributed by atoms with Crippen LogP contribution in [0.5, 0.6) is 0 Å².